The lowest BCUT2D eigenvalue weighted by Gasteiger charge is -2.16. The third-order valence-corrected chi connectivity index (χ3v) is 5.10. The molecule has 0 radical (unpaired) electrons. The van der Waals surface area contributed by atoms with Gasteiger partial charge in [0.15, 0.2) is 0 Å². The molecule has 0 spiro atoms. The second kappa shape index (κ2) is 7.59. The van der Waals surface area contributed by atoms with E-state index < -0.39 is 10.0 Å². The number of sulfonamides is 1. The molecule has 8 heteroatoms. The third-order valence-electron chi connectivity index (χ3n) is 2.57. The normalized spacial score (nSPS) is 13.4. The van der Waals surface area contributed by atoms with E-state index in [4.69, 9.17) is 33.7 Å². The highest BCUT2D eigenvalue weighted by Gasteiger charge is 2.23. The van der Waals surface area contributed by atoms with Gasteiger partial charge >= 0.3 is 0 Å². The van der Waals surface area contributed by atoms with Gasteiger partial charge in [0.25, 0.3) is 0 Å². The number of hydrogen-bond acceptors (Lipinski definition) is 4. The van der Waals surface area contributed by atoms with Crippen LogP contribution in [0.4, 0.5) is 0 Å². The van der Waals surface area contributed by atoms with Crippen LogP contribution < -0.4 is 10.5 Å². The Bertz CT molecular complexity index is 564. The van der Waals surface area contributed by atoms with Crippen LogP contribution in [0.1, 0.15) is 19.4 Å². The molecule has 0 aliphatic rings. The van der Waals surface area contributed by atoms with Gasteiger partial charge in [-0.2, -0.15) is 0 Å². The maximum atomic E-state index is 12.3. The second-order valence-electron chi connectivity index (χ2n) is 4.22. The van der Waals surface area contributed by atoms with E-state index in [1.54, 1.807) is 6.92 Å². The van der Waals surface area contributed by atoms with E-state index >= 15 is 0 Å². The van der Waals surface area contributed by atoms with Gasteiger partial charge in [0.05, 0.1) is 11.6 Å². The van der Waals surface area contributed by atoms with Crippen molar-refractivity contribution in [1.29, 1.82) is 0 Å². The van der Waals surface area contributed by atoms with Crippen LogP contribution in [0.3, 0.4) is 0 Å². The standard InChI is InChI=1S/C12H18Cl2N2O3S/c1-3-19-7-8(2)16-20(17,18)11-5-4-10(13)9(6-15)12(11)14/h4-5,8,16H,3,6-7,15H2,1-2H3. The van der Waals surface area contributed by atoms with Gasteiger partial charge < -0.3 is 10.5 Å². The highest BCUT2D eigenvalue weighted by Crippen LogP contribution is 2.30. The van der Waals surface area contributed by atoms with Crippen LogP contribution in [0.2, 0.25) is 10.0 Å². The summed E-state index contributed by atoms with van der Waals surface area (Å²) in [4.78, 5) is -0.0348. The average molecular weight is 341 g/mol. The smallest absolute Gasteiger partial charge is 0.242 e. The minimum Gasteiger partial charge on any atom is -0.380 e. The third kappa shape index (κ3) is 4.31. The molecule has 1 atom stereocenters. The van der Waals surface area contributed by atoms with E-state index in [9.17, 15) is 8.42 Å². The fraction of sp³-hybridized carbons (Fsp3) is 0.500. The molecule has 5 nitrogen and oxygen atoms in total. The zero-order valence-corrected chi connectivity index (χ0v) is 13.6. The van der Waals surface area contributed by atoms with Crippen LogP contribution >= 0.6 is 23.2 Å². The van der Waals surface area contributed by atoms with Crippen LogP contribution in [0.25, 0.3) is 0 Å². The van der Waals surface area contributed by atoms with Crippen LogP contribution in [0, 0.1) is 0 Å². The summed E-state index contributed by atoms with van der Waals surface area (Å²) < 4.78 is 32.2. The Morgan fingerprint density at radius 3 is 2.60 bits per heavy atom. The van der Waals surface area contributed by atoms with Gasteiger partial charge in [-0.15, -0.1) is 0 Å². The molecule has 114 valence electrons. The zero-order valence-electron chi connectivity index (χ0n) is 11.3. The summed E-state index contributed by atoms with van der Waals surface area (Å²) in [5, 5.41) is 0.398. The van der Waals surface area contributed by atoms with Crippen LogP contribution in [0.5, 0.6) is 0 Å². The fourth-order valence-electron chi connectivity index (χ4n) is 1.63. The molecule has 0 amide bonds. The molecule has 0 bridgehead atoms. The number of nitrogens with two attached hydrogens (primary N) is 1. The zero-order chi connectivity index (χ0) is 15.3. The Kier molecular flexibility index (Phi) is 6.71. The average Bonchev–Trinajstić information content (AvgIpc) is 2.36. The first-order valence-electron chi connectivity index (χ1n) is 6.10. The Labute approximate surface area is 129 Å². The lowest BCUT2D eigenvalue weighted by molar-refractivity contribution is 0.133. The molecule has 3 N–H and O–H groups in total. The minimum absolute atomic E-state index is 0.0348. The summed E-state index contributed by atoms with van der Waals surface area (Å²) >= 11 is 12.0. The number of hydrogen-bond donors (Lipinski definition) is 2. The van der Waals surface area contributed by atoms with Crippen molar-refractivity contribution >= 4 is 33.2 Å². The van der Waals surface area contributed by atoms with Crippen molar-refractivity contribution in [3.05, 3.63) is 27.7 Å². The molecule has 1 unspecified atom stereocenters. The molecular weight excluding hydrogens is 323 g/mol. The van der Waals surface area contributed by atoms with Crippen molar-refractivity contribution < 1.29 is 13.2 Å². The number of ether oxygens (including phenoxy) is 1. The molecule has 1 rings (SSSR count). The van der Waals surface area contributed by atoms with E-state index in [1.807, 2.05) is 6.92 Å². The Hall–Kier alpha value is -0.370. The van der Waals surface area contributed by atoms with E-state index in [1.165, 1.54) is 12.1 Å². The molecule has 0 saturated carbocycles. The highest BCUT2D eigenvalue weighted by atomic mass is 35.5. The maximum absolute atomic E-state index is 12.3. The first kappa shape index (κ1) is 17.7. The summed E-state index contributed by atoms with van der Waals surface area (Å²) in [5.41, 5.74) is 5.94. The van der Waals surface area contributed by atoms with Crippen LogP contribution in [-0.2, 0) is 21.3 Å². The molecule has 0 fully saturated rings. The molecular formula is C12H18Cl2N2O3S. The molecule has 0 saturated heterocycles. The second-order valence-corrected chi connectivity index (χ2v) is 6.69. The van der Waals surface area contributed by atoms with Gasteiger partial charge in [0.1, 0.15) is 4.90 Å². The van der Waals surface area contributed by atoms with Crippen molar-refractivity contribution in [3.8, 4) is 0 Å². The van der Waals surface area contributed by atoms with Crippen molar-refractivity contribution in [1.82, 2.24) is 4.72 Å². The van der Waals surface area contributed by atoms with E-state index in [0.29, 0.717) is 17.2 Å². The molecule has 0 aliphatic carbocycles. The van der Waals surface area contributed by atoms with Crippen LogP contribution in [-0.4, -0.2) is 27.7 Å². The molecule has 0 heterocycles. The molecule has 1 aromatic rings. The lowest BCUT2D eigenvalue weighted by Crippen LogP contribution is -2.36. The number of nitrogens with one attached hydrogen (secondary N) is 1. The molecule has 0 aromatic heterocycles. The van der Waals surface area contributed by atoms with Gasteiger partial charge in [-0.1, -0.05) is 23.2 Å². The SMILES string of the molecule is CCOCC(C)NS(=O)(=O)c1ccc(Cl)c(CN)c1Cl. The summed E-state index contributed by atoms with van der Waals surface area (Å²) in [7, 11) is -3.75. The van der Waals surface area contributed by atoms with Crippen molar-refractivity contribution in [2.45, 2.75) is 31.3 Å². The number of halogens is 2. The summed E-state index contributed by atoms with van der Waals surface area (Å²) in [6.07, 6.45) is 0. The predicted octanol–water partition coefficient (Wildman–Crippen LogP) is 2.16. The van der Waals surface area contributed by atoms with E-state index in [-0.39, 0.29) is 29.1 Å². The fourth-order valence-corrected chi connectivity index (χ4v) is 3.79. The van der Waals surface area contributed by atoms with Crippen molar-refractivity contribution in [2.24, 2.45) is 5.73 Å². The van der Waals surface area contributed by atoms with Gasteiger partial charge in [-0.3, -0.25) is 0 Å². The monoisotopic (exact) mass is 340 g/mol. The highest BCUT2D eigenvalue weighted by molar-refractivity contribution is 7.89. The minimum atomic E-state index is -3.75. The largest absolute Gasteiger partial charge is 0.380 e. The van der Waals surface area contributed by atoms with E-state index in [2.05, 4.69) is 4.72 Å². The molecule has 0 aliphatic heterocycles. The Morgan fingerprint density at radius 1 is 1.40 bits per heavy atom. The first-order valence-corrected chi connectivity index (χ1v) is 8.34. The summed E-state index contributed by atoms with van der Waals surface area (Å²) in [5.74, 6) is 0. The molecule has 1 aromatic carbocycles. The van der Waals surface area contributed by atoms with Gasteiger partial charge in [-0.25, -0.2) is 13.1 Å². The molecule has 20 heavy (non-hydrogen) atoms. The summed E-state index contributed by atoms with van der Waals surface area (Å²) in [6, 6.07) is 2.46. The first-order chi connectivity index (χ1) is 9.33. The van der Waals surface area contributed by atoms with Crippen molar-refractivity contribution in [3.63, 3.8) is 0 Å². The van der Waals surface area contributed by atoms with Crippen molar-refractivity contribution in [2.75, 3.05) is 13.2 Å². The van der Waals surface area contributed by atoms with Gasteiger partial charge in [0.2, 0.25) is 10.0 Å². The lowest BCUT2D eigenvalue weighted by atomic mass is 10.2. The quantitative estimate of drug-likeness (QED) is 0.796. The Morgan fingerprint density at radius 2 is 2.05 bits per heavy atom. The topological polar surface area (TPSA) is 81.4 Å². The Balaban J connectivity index is 3.04. The van der Waals surface area contributed by atoms with E-state index in [0.717, 1.165) is 0 Å². The van der Waals surface area contributed by atoms with Gasteiger partial charge in [-0.05, 0) is 26.0 Å². The predicted molar refractivity (Wildman–Crippen MR) is 80.6 cm³/mol. The van der Waals surface area contributed by atoms with Gasteiger partial charge in [0, 0.05) is 29.8 Å². The number of rotatable bonds is 7. The maximum Gasteiger partial charge on any atom is 0.242 e. The van der Waals surface area contributed by atoms with Crippen LogP contribution in [0.15, 0.2) is 17.0 Å². The summed E-state index contributed by atoms with van der Waals surface area (Å²) in [6.45, 7) is 4.41. The number of benzene rings is 1.